The molecule has 4 nitrogen and oxygen atoms in total. The number of rotatable bonds is 5. The van der Waals surface area contributed by atoms with Gasteiger partial charge >= 0.3 is 12.1 Å². The number of benzene rings is 1. The van der Waals surface area contributed by atoms with Gasteiger partial charge in [-0.1, -0.05) is 24.3 Å². The van der Waals surface area contributed by atoms with E-state index in [1.54, 1.807) is 0 Å². The number of likely N-dealkylation sites (tertiary alicyclic amines) is 1. The molecule has 1 saturated heterocycles. The number of aryl methyl sites for hydroxylation is 2. The van der Waals surface area contributed by atoms with Gasteiger partial charge in [-0.15, -0.1) is 0 Å². The average molecular weight is 356 g/mol. The predicted octanol–water partition coefficient (Wildman–Crippen LogP) is 2.84. The van der Waals surface area contributed by atoms with E-state index in [4.69, 9.17) is 0 Å². The number of hydrogen-bond donors (Lipinski definition) is 1. The first kappa shape index (κ1) is 19.3. The molecule has 1 aromatic rings. The highest BCUT2D eigenvalue weighted by Crippen LogP contribution is 2.23. The van der Waals surface area contributed by atoms with Crippen LogP contribution in [0.25, 0.3) is 0 Å². The number of carbonyl (C=O) groups is 2. The van der Waals surface area contributed by atoms with Gasteiger partial charge in [0.2, 0.25) is 5.91 Å². The summed E-state index contributed by atoms with van der Waals surface area (Å²) in [7, 11) is 0. The highest BCUT2D eigenvalue weighted by molar-refractivity contribution is 5.81. The topological polar surface area (TPSA) is 49.4 Å². The second-order valence-corrected chi connectivity index (χ2v) is 6.46. The fourth-order valence-corrected chi connectivity index (χ4v) is 3.00. The van der Waals surface area contributed by atoms with Crippen LogP contribution in [-0.4, -0.2) is 42.5 Å². The van der Waals surface area contributed by atoms with Crippen LogP contribution in [0.3, 0.4) is 0 Å². The standard InChI is InChI=1S/C18H23F3N2O2/c1-13-4-2-3-5-15(13)6-7-16(24)22-12-14-8-10-23(11-9-14)17(25)18(19,20)21/h2-5,14H,6-12H2,1H3,(H,22,24). The van der Waals surface area contributed by atoms with Gasteiger partial charge in [-0.05, 0) is 43.2 Å². The third-order valence-electron chi connectivity index (χ3n) is 4.61. The lowest BCUT2D eigenvalue weighted by Crippen LogP contribution is -2.46. The molecule has 1 aliphatic heterocycles. The van der Waals surface area contributed by atoms with Gasteiger partial charge in [-0.2, -0.15) is 13.2 Å². The monoisotopic (exact) mass is 356 g/mol. The number of piperidine rings is 1. The summed E-state index contributed by atoms with van der Waals surface area (Å²) in [6.07, 6.45) is -2.82. The molecule has 2 amide bonds. The van der Waals surface area contributed by atoms with E-state index in [-0.39, 0.29) is 24.9 Å². The lowest BCUT2D eigenvalue weighted by molar-refractivity contribution is -0.186. The molecule has 25 heavy (non-hydrogen) atoms. The van der Waals surface area contributed by atoms with Crippen molar-refractivity contribution in [2.24, 2.45) is 5.92 Å². The zero-order valence-electron chi connectivity index (χ0n) is 14.2. The Labute approximate surface area is 145 Å². The van der Waals surface area contributed by atoms with E-state index in [0.717, 1.165) is 16.0 Å². The van der Waals surface area contributed by atoms with Crippen LogP contribution in [0.15, 0.2) is 24.3 Å². The normalized spacial score (nSPS) is 15.9. The van der Waals surface area contributed by atoms with E-state index in [0.29, 0.717) is 32.2 Å². The van der Waals surface area contributed by atoms with Crippen molar-refractivity contribution < 1.29 is 22.8 Å². The summed E-state index contributed by atoms with van der Waals surface area (Å²) < 4.78 is 37.2. The van der Waals surface area contributed by atoms with Crippen molar-refractivity contribution in [1.82, 2.24) is 10.2 Å². The number of alkyl halides is 3. The van der Waals surface area contributed by atoms with E-state index in [2.05, 4.69) is 5.32 Å². The van der Waals surface area contributed by atoms with Gasteiger partial charge in [-0.3, -0.25) is 9.59 Å². The zero-order valence-corrected chi connectivity index (χ0v) is 14.2. The Morgan fingerprint density at radius 1 is 1.20 bits per heavy atom. The first-order chi connectivity index (χ1) is 11.8. The highest BCUT2D eigenvalue weighted by Gasteiger charge is 2.43. The average Bonchev–Trinajstić information content (AvgIpc) is 2.58. The molecule has 0 spiro atoms. The van der Waals surface area contributed by atoms with Gasteiger partial charge in [0, 0.05) is 26.1 Å². The molecule has 138 valence electrons. The minimum Gasteiger partial charge on any atom is -0.356 e. The van der Waals surface area contributed by atoms with E-state index in [9.17, 15) is 22.8 Å². The molecule has 7 heteroatoms. The smallest absolute Gasteiger partial charge is 0.356 e. The van der Waals surface area contributed by atoms with Crippen LogP contribution in [0.4, 0.5) is 13.2 Å². The molecule has 0 bridgehead atoms. The second-order valence-electron chi connectivity index (χ2n) is 6.46. The zero-order chi connectivity index (χ0) is 18.4. The van der Waals surface area contributed by atoms with Gasteiger partial charge in [0.15, 0.2) is 0 Å². The van der Waals surface area contributed by atoms with Gasteiger partial charge < -0.3 is 10.2 Å². The van der Waals surface area contributed by atoms with Gasteiger partial charge in [-0.25, -0.2) is 0 Å². The highest BCUT2D eigenvalue weighted by atomic mass is 19.4. The Morgan fingerprint density at radius 3 is 2.44 bits per heavy atom. The number of carbonyl (C=O) groups excluding carboxylic acids is 2. The second kappa shape index (κ2) is 8.36. The van der Waals surface area contributed by atoms with E-state index >= 15 is 0 Å². The molecule has 0 atom stereocenters. The quantitative estimate of drug-likeness (QED) is 0.882. The summed E-state index contributed by atoms with van der Waals surface area (Å²) in [5.74, 6) is -1.72. The van der Waals surface area contributed by atoms with Crippen molar-refractivity contribution in [2.75, 3.05) is 19.6 Å². The molecule has 2 rings (SSSR count). The molecule has 1 aliphatic rings. The van der Waals surface area contributed by atoms with Crippen molar-refractivity contribution in [3.8, 4) is 0 Å². The minimum atomic E-state index is -4.81. The molecule has 1 aromatic carbocycles. The summed E-state index contributed by atoms with van der Waals surface area (Å²) in [5.41, 5.74) is 2.29. The Hall–Kier alpha value is -2.05. The molecular weight excluding hydrogens is 333 g/mol. The molecular formula is C18H23F3N2O2. The summed E-state index contributed by atoms with van der Waals surface area (Å²) in [6, 6.07) is 7.89. The van der Waals surface area contributed by atoms with Crippen LogP contribution in [0.1, 0.15) is 30.4 Å². The van der Waals surface area contributed by atoms with Crippen LogP contribution < -0.4 is 5.32 Å². The molecule has 1 fully saturated rings. The van der Waals surface area contributed by atoms with Crippen LogP contribution in [0.2, 0.25) is 0 Å². The van der Waals surface area contributed by atoms with Crippen LogP contribution in [0.5, 0.6) is 0 Å². The van der Waals surface area contributed by atoms with Crippen molar-refractivity contribution in [1.29, 1.82) is 0 Å². The number of halogens is 3. The third-order valence-corrected chi connectivity index (χ3v) is 4.61. The maximum atomic E-state index is 12.4. The Kier molecular flexibility index (Phi) is 6.45. The summed E-state index contributed by atoms with van der Waals surface area (Å²) >= 11 is 0. The third kappa shape index (κ3) is 5.76. The molecule has 1 heterocycles. The van der Waals surface area contributed by atoms with Crippen molar-refractivity contribution in [2.45, 2.75) is 38.8 Å². The van der Waals surface area contributed by atoms with Crippen molar-refractivity contribution >= 4 is 11.8 Å². The lowest BCUT2D eigenvalue weighted by atomic mass is 9.96. The molecule has 0 radical (unpaired) electrons. The van der Waals surface area contributed by atoms with Crippen LogP contribution in [-0.2, 0) is 16.0 Å². The fourth-order valence-electron chi connectivity index (χ4n) is 3.00. The Balaban J connectivity index is 1.68. The van der Waals surface area contributed by atoms with E-state index < -0.39 is 12.1 Å². The lowest BCUT2D eigenvalue weighted by Gasteiger charge is -2.32. The summed E-state index contributed by atoms with van der Waals surface area (Å²) in [4.78, 5) is 24.0. The molecule has 1 N–H and O–H groups in total. The Morgan fingerprint density at radius 2 is 1.84 bits per heavy atom. The number of amides is 2. The number of hydrogen-bond acceptors (Lipinski definition) is 2. The first-order valence-corrected chi connectivity index (χ1v) is 8.44. The molecule has 0 aliphatic carbocycles. The number of nitrogens with one attached hydrogen (secondary N) is 1. The van der Waals surface area contributed by atoms with Gasteiger partial charge in [0.25, 0.3) is 0 Å². The van der Waals surface area contributed by atoms with Crippen molar-refractivity contribution in [3.63, 3.8) is 0 Å². The minimum absolute atomic E-state index is 0.0583. The maximum absolute atomic E-state index is 12.4. The molecule has 0 saturated carbocycles. The SMILES string of the molecule is Cc1ccccc1CCC(=O)NCC1CCN(C(=O)C(F)(F)F)CC1. The predicted molar refractivity (Wildman–Crippen MR) is 87.9 cm³/mol. The van der Waals surface area contributed by atoms with Gasteiger partial charge in [0.1, 0.15) is 0 Å². The largest absolute Gasteiger partial charge is 0.471 e. The van der Waals surface area contributed by atoms with Crippen LogP contribution in [0, 0.1) is 12.8 Å². The first-order valence-electron chi connectivity index (χ1n) is 8.44. The van der Waals surface area contributed by atoms with Gasteiger partial charge in [0.05, 0.1) is 0 Å². The van der Waals surface area contributed by atoms with E-state index in [1.807, 2.05) is 31.2 Å². The van der Waals surface area contributed by atoms with Crippen LogP contribution >= 0.6 is 0 Å². The maximum Gasteiger partial charge on any atom is 0.471 e. The fraction of sp³-hybridized carbons (Fsp3) is 0.556. The summed E-state index contributed by atoms with van der Waals surface area (Å²) in [5, 5.41) is 2.85. The van der Waals surface area contributed by atoms with Crippen molar-refractivity contribution in [3.05, 3.63) is 35.4 Å². The number of nitrogens with zero attached hydrogens (tertiary/aromatic N) is 1. The molecule has 0 unspecified atom stereocenters. The summed E-state index contributed by atoms with van der Waals surface area (Å²) in [6.45, 7) is 2.62. The molecule has 0 aromatic heterocycles. The van der Waals surface area contributed by atoms with E-state index in [1.165, 1.54) is 0 Å². The Bertz CT molecular complexity index is 609.